The highest BCUT2D eigenvalue weighted by molar-refractivity contribution is 14.1. The van der Waals surface area contributed by atoms with E-state index in [1.807, 2.05) is 43.3 Å². The van der Waals surface area contributed by atoms with E-state index in [1.165, 1.54) is 0 Å². The van der Waals surface area contributed by atoms with Gasteiger partial charge in [0.15, 0.2) is 0 Å². The first kappa shape index (κ1) is 12.3. The number of nitrogens with zero attached hydrogens (tertiary/aromatic N) is 1. The lowest BCUT2D eigenvalue weighted by Gasteiger charge is -2.08. The molecule has 0 aliphatic rings. The number of para-hydroxylation sites is 1. The molecule has 0 saturated carbocycles. The normalized spacial score (nSPS) is 12.2. The van der Waals surface area contributed by atoms with Crippen LogP contribution in [0, 0.1) is 3.57 Å². The second-order valence-corrected chi connectivity index (χ2v) is 4.91. The van der Waals surface area contributed by atoms with Crippen molar-refractivity contribution in [3.05, 3.63) is 51.7 Å². The number of hydrogen-bond donors (Lipinski definition) is 1. The Bertz CT molecular complexity index is 497. The molecule has 0 radical (unpaired) electrons. The molecule has 1 aromatic carbocycles. The average molecular weight is 340 g/mol. The van der Waals surface area contributed by atoms with Gasteiger partial charge in [0.05, 0.1) is 3.57 Å². The number of rotatable bonds is 3. The van der Waals surface area contributed by atoms with Gasteiger partial charge in [-0.3, -0.25) is 0 Å². The lowest BCUT2D eigenvalue weighted by Crippen LogP contribution is -2.05. The van der Waals surface area contributed by atoms with Gasteiger partial charge < -0.3 is 10.5 Å². The van der Waals surface area contributed by atoms with E-state index in [2.05, 4.69) is 27.6 Å². The fourth-order valence-corrected chi connectivity index (χ4v) is 1.86. The summed E-state index contributed by atoms with van der Waals surface area (Å²) in [5, 5.41) is 0. The molecule has 2 N–H and O–H groups in total. The van der Waals surface area contributed by atoms with Crippen molar-refractivity contribution in [3.63, 3.8) is 0 Å². The monoisotopic (exact) mass is 340 g/mol. The summed E-state index contributed by atoms with van der Waals surface area (Å²) in [6, 6.07) is 11.6. The second kappa shape index (κ2) is 5.46. The molecule has 0 aliphatic heterocycles. The quantitative estimate of drug-likeness (QED) is 0.870. The smallest absolute Gasteiger partial charge is 0.219 e. The number of benzene rings is 1. The van der Waals surface area contributed by atoms with Crippen LogP contribution in [0.2, 0.25) is 0 Å². The highest BCUT2D eigenvalue weighted by atomic mass is 127. The van der Waals surface area contributed by atoms with E-state index in [9.17, 15) is 0 Å². The Balaban J connectivity index is 2.17. The van der Waals surface area contributed by atoms with E-state index in [0.29, 0.717) is 5.88 Å². The molecule has 0 fully saturated rings. The summed E-state index contributed by atoms with van der Waals surface area (Å²) in [6.45, 7) is 1.93. The van der Waals surface area contributed by atoms with Crippen LogP contribution in [0.5, 0.6) is 11.6 Å². The Hall–Kier alpha value is -1.14. The molecular weight excluding hydrogens is 327 g/mol. The van der Waals surface area contributed by atoms with Crippen molar-refractivity contribution < 1.29 is 4.74 Å². The van der Waals surface area contributed by atoms with Crippen LogP contribution in [-0.4, -0.2) is 4.98 Å². The van der Waals surface area contributed by atoms with E-state index in [-0.39, 0.29) is 6.04 Å². The number of nitrogens with two attached hydrogens (primary N) is 1. The molecule has 1 atom stereocenters. The molecular formula is C13H13IN2O. The van der Waals surface area contributed by atoms with Gasteiger partial charge in [-0.05, 0) is 47.2 Å². The van der Waals surface area contributed by atoms with Gasteiger partial charge >= 0.3 is 0 Å². The lowest BCUT2D eigenvalue weighted by molar-refractivity contribution is 0.459. The minimum Gasteiger partial charge on any atom is -0.438 e. The highest BCUT2D eigenvalue weighted by Crippen LogP contribution is 2.25. The van der Waals surface area contributed by atoms with E-state index in [4.69, 9.17) is 10.5 Å². The van der Waals surface area contributed by atoms with Crippen molar-refractivity contribution in [3.8, 4) is 11.6 Å². The molecule has 3 nitrogen and oxygen atoms in total. The first-order valence-corrected chi connectivity index (χ1v) is 6.38. The molecule has 0 saturated heterocycles. The fraction of sp³-hybridized carbons (Fsp3) is 0.154. The first-order valence-electron chi connectivity index (χ1n) is 5.31. The molecule has 0 amide bonds. The molecule has 17 heavy (non-hydrogen) atoms. The van der Waals surface area contributed by atoms with Gasteiger partial charge in [0.2, 0.25) is 5.88 Å². The Morgan fingerprint density at radius 3 is 2.59 bits per heavy atom. The molecule has 0 aliphatic carbocycles. The third-order valence-electron chi connectivity index (χ3n) is 2.34. The largest absolute Gasteiger partial charge is 0.438 e. The zero-order valence-electron chi connectivity index (χ0n) is 9.43. The van der Waals surface area contributed by atoms with Gasteiger partial charge in [-0.1, -0.05) is 18.2 Å². The molecule has 88 valence electrons. The van der Waals surface area contributed by atoms with Gasteiger partial charge in [-0.15, -0.1) is 0 Å². The number of hydrogen-bond acceptors (Lipinski definition) is 3. The SMILES string of the molecule is C[C@H](N)c1ccc(Oc2ccccc2I)nc1. The standard InChI is InChI=1S/C13H13IN2O/c1-9(15)10-6-7-13(16-8-10)17-12-5-3-2-4-11(12)14/h2-9H,15H2,1H3/t9-/m0/s1. The summed E-state index contributed by atoms with van der Waals surface area (Å²) in [5.41, 5.74) is 6.76. The molecule has 2 aromatic rings. The predicted octanol–water partition coefficient (Wildman–Crippen LogP) is 3.50. The molecule has 0 spiro atoms. The van der Waals surface area contributed by atoms with Crippen LogP contribution in [-0.2, 0) is 0 Å². The third-order valence-corrected chi connectivity index (χ3v) is 3.23. The number of halogens is 1. The zero-order valence-corrected chi connectivity index (χ0v) is 11.6. The maximum Gasteiger partial charge on any atom is 0.219 e. The van der Waals surface area contributed by atoms with E-state index >= 15 is 0 Å². The topological polar surface area (TPSA) is 48.1 Å². The molecule has 1 aromatic heterocycles. The van der Waals surface area contributed by atoms with Gasteiger partial charge in [0, 0.05) is 18.3 Å². The molecule has 1 heterocycles. The Labute approximate surface area is 114 Å². The number of aromatic nitrogens is 1. The van der Waals surface area contributed by atoms with Gasteiger partial charge in [0.1, 0.15) is 5.75 Å². The predicted molar refractivity (Wildman–Crippen MR) is 76.1 cm³/mol. The van der Waals surface area contributed by atoms with Crippen molar-refractivity contribution in [2.75, 3.05) is 0 Å². The van der Waals surface area contributed by atoms with E-state index in [1.54, 1.807) is 6.20 Å². The number of ether oxygens (including phenoxy) is 1. The molecule has 0 unspecified atom stereocenters. The van der Waals surface area contributed by atoms with Crippen LogP contribution in [0.1, 0.15) is 18.5 Å². The lowest BCUT2D eigenvalue weighted by atomic mass is 10.2. The minimum absolute atomic E-state index is 0.00610. The van der Waals surface area contributed by atoms with Crippen molar-refractivity contribution in [1.82, 2.24) is 4.98 Å². The maximum atomic E-state index is 5.76. The van der Waals surface area contributed by atoms with Crippen LogP contribution in [0.15, 0.2) is 42.6 Å². The van der Waals surface area contributed by atoms with Crippen molar-refractivity contribution in [2.24, 2.45) is 5.73 Å². The molecule has 2 rings (SSSR count). The molecule has 4 heteroatoms. The summed E-state index contributed by atoms with van der Waals surface area (Å²) in [7, 11) is 0. The summed E-state index contributed by atoms with van der Waals surface area (Å²) in [4.78, 5) is 4.23. The van der Waals surface area contributed by atoms with Crippen molar-refractivity contribution >= 4 is 22.6 Å². The van der Waals surface area contributed by atoms with Crippen molar-refractivity contribution in [2.45, 2.75) is 13.0 Å². The first-order chi connectivity index (χ1) is 8.16. The van der Waals surface area contributed by atoms with Crippen LogP contribution in [0.25, 0.3) is 0 Å². The minimum atomic E-state index is -0.00610. The Morgan fingerprint density at radius 1 is 1.24 bits per heavy atom. The van der Waals surface area contributed by atoms with Crippen LogP contribution in [0.3, 0.4) is 0 Å². The maximum absolute atomic E-state index is 5.76. The Kier molecular flexibility index (Phi) is 3.96. The van der Waals surface area contributed by atoms with Crippen LogP contribution in [0.4, 0.5) is 0 Å². The van der Waals surface area contributed by atoms with Crippen LogP contribution >= 0.6 is 22.6 Å². The second-order valence-electron chi connectivity index (χ2n) is 3.75. The third kappa shape index (κ3) is 3.17. The van der Waals surface area contributed by atoms with Gasteiger partial charge in [-0.25, -0.2) is 4.98 Å². The van der Waals surface area contributed by atoms with Crippen LogP contribution < -0.4 is 10.5 Å². The average Bonchev–Trinajstić information content (AvgIpc) is 2.33. The summed E-state index contributed by atoms with van der Waals surface area (Å²) in [6.07, 6.45) is 1.75. The van der Waals surface area contributed by atoms with Gasteiger partial charge in [-0.2, -0.15) is 0 Å². The zero-order chi connectivity index (χ0) is 12.3. The Morgan fingerprint density at radius 2 is 2.00 bits per heavy atom. The number of pyridine rings is 1. The van der Waals surface area contributed by atoms with E-state index in [0.717, 1.165) is 14.9 Å². The summed E-state index contributed by atoms with van der Waals surface area (Å²) in [5.74, 6) is 1.40. The molecule has 0 bridgehead atoms. The highest BCUT2D eigenvalue weighted by Gasteiger charge is 2.04. The summed E-state index contributed by atoms with van der Waals surface area (Å²) >= 11 is 2.23. The van der Waals surface area contributed by atoms with Gasteiger partial charge in [0.25, 0.3) is 0 Å². The summed E-state index contributed by atoms with van der Waals surface area (Å²) < 4.78 is 6.74. The van der Waals surface area contributed by atoms with Crippen molar-refractivity contribution in [1.29, 1.82) is 0 Å². The fourth-order valence-electron chi connectivity index (χ4n) is 1.36. The van der Waals surface area contributed by atoms with E-state index < -0.39 is 0 Å².